The molecule has 1 aromatic heterocycles. The van der Waals surface area contributed by atoms with Gasteiger partial charge in [0.05, 0.1) is 17.2 Å². The fraction of sp³-hybridized carbons (Fsp3) is 0.462. The van der Waals surface area contributed by atoms with Crippen LogP contribution in [0.5, 0.6) is 0 Å². The summed E-state index contributed by atoms with van der Waals surface area (Å²) in [5.74, 6) is -0.462. The molecule has 0 saturated heterocycles. The summed E-state index contributed by atoms with van der Waals surface area (Å²) >= 11 is 0. The summed E-state index contributed by atoms with van der Waals surface area (Å²) in [6.07, 6.45) is 2.51. The fourth-order valence-corrected chi connectivity index (χ4v) is 3.83. The number of ether oxygens (including phenoxy) is 1. The molecule has 2 amide bonds. The summed E-state index contributed by atoms with van der Waals surface area (Å²) in [5, 5.41) is 5.85. The topological polar surface area (TPSA) is 83.2 Å². The largest absolute Gasteiger partial charge is 0.378 e. The molecule has 1 aliphatic heterocycles. The lowest BCUT2D eigenvalue weighted by atomic mass is 9.99. The standard InChI is InChI=1S/C26H34FN3O3/c1-14(2)17(5)33-11-10-26(6,7)30-25(32)23-15(3)22(28-16(23)4)13-20-19-12-18(27)8-9-21(19)29-24(20)31/h8-9,12-14,17,28H,10-11H2,1-7H3,(H,29,31)(H,30,32)/b20-13-. The van der Waals surface area contributed by atoms with Crippen molar-refractivity contribution in [2.75, 3.05) is 11.9 Å². The number of aromatic amines is 1. The van der Waals surface area contributed by atoms with Crippen LogP contribution in [0.3, 0.4) is 0 Å². The van der Waals surface area contributed by atoms with E-state index in [-0.39, 0.29) is 17.9 Å². The number of rotatable bonds is 8. The van der Waals surface area contributed by atoms with E-state index in [2.05, 4.69) is 36.4 Å². The number of benzene rings is 1. The summed E-state index contributed by atoms with van der Waals surface area (Å²) in [6.45, 7) is 14.5. The van der Waals surface area contributed by atoms with Crippen molar-refractivity contribution in [1.82, 2.24) is 10.3 Å². The molecular weight excluding hydrogens is 421 g/mol. The Morgan fingerprint density at radius 1 is 1.24 bits per heavy atom. The van der Waals surface area contributed by atoms with Crippen LogP contribution < -0.4 is 10.6 Å². The average Bonchev–Trinajstić information content (AvgIpc) is 3.16. The van der Waals surface area contributed by atoms with Crippen LogP contribution in [0.1, 0.15) is 73.9 Å². The van der Waals surface area contributed by atoms with Crippen LogP contribution in [0.15, 0.2) is 18.2 Å². The van der Waals surface area contributed by atoms with Crippen LogP contribution in [0.25, 0.3) is 11.6 Å². The number of aryl methyl sites for hydroxylation is 1. The van der Waals surface area contributed by atoms with Crippen molar-refractivity contribution in [1.29, 1.82) is 0 Å². The van der Waals surface area contributed by atoms with Gasteiger partial charge in [-0.05, 0) is 76.8 Å². The van der Waals surface area contributed by atoms with Crippen molar-refractivity contribution >= 4 is 29.2 Å². The number of carbonyl (C=O) groups excluding carboxylic acids is 2. The van der Waals surface area contributed by atoms with Gasteiger partial charge in [-0.2, -0.15) is 0 Å². The summed E-state index contributed by atoms with van der Waals surface area (Å²) in [4.78, 5) is 28.8. The van der Waals surface area contributed by atoms with E-state index in [0.717, 1.165) is 5.56 Å². The first-order chi connectivity index (χ1) is 15.4. The molecule has 1 aliphatic rings. The number of aromatic nitrogens is 1. The number of nitrogens with one attached hydrogen (secondary N) is 3. The molecule has 178 valence electrons. The van der Waals surface area contributed by atoms with Gasteiger partial charge in [-0.1, -0.05) is 13.8 Å². The predicted octanol–water partition coefficient (Wildman–Crippen LogP) is 5.22. The molecule has 0 radical (unpaired) electrons. The minimum atomic E-state index is -0.454. The highest BCUT2D eigenvalue weighted by Crippen LogP contribution is 2.34. The van der Waals surface area contributed by atoms with Gasteiger partial charge in [-0.15, -0.1) is 0 Å². The lowest BCUT2D eigenvalue weighted by Crippen LogP contribution is -2.44. The first kappa shape index (κ1) is 24.7. The number of fused-ring (bicyclic) bond motifs is 1. The van der Waals surface area contributed by atoms with E-state index in [1.54, 1.807) is 12.1 Å². The Morgan fingerprint density at radius 3 is 2.61 bits per heavy atom. The minimum Gasteiger partial charge on any atom is -0.378 e. The van der Waals surface area contributed by atoms with Crippen molar-refractivity contribution in [3.05, 3.63) is 52.1 Å². The summed E-state index contributed by atoms with van der Waals surface area (Å²) in [5.41, 5.74) is 3.61. The van der Waals surface area contributed by atoms with E-state index in [0.29, 0.717) is 52.7 Å². The maximum Gasteiger partial charge on any atom is 0.256 e. The van der Waals surface area contributed by atoms with Gasteiger partial charge in [0, 0.05) is 34.8 Å². The zero-order valence-electron chi connectivity index (χ0n) is 20.5. The number of halogens is 1. The van der Waals surface area contributed by atoms with Crippen LogP contribution in [-0.4, -0.2) is 35.0 Å². The first-order valence-corrected chi connectivity index (χ1v) is 11.4. The van der Waals surface area contributed by atoms with Crippen molar-refractivity contribution < 1.29 is 18.7 Å². The second-order valence-corrected chi connectivity index (χ2v) is 9.77. The van der Waals surface area contributed by atoms with Gasteiger partial charge >= 0.3 is 0 Å². The second kappa shape index (κ2) is 9.51. The predicted molar refractivity (Wildman–Crippen MR) is 130 cm³/mol. The molecule has 7 heteroatoms. The summed E-state index contributed by atoms with van der Waals surface area (Å²) < 4.78 is 19.6. The van der Waals surface area contributed by atoms with Crippen LogP contribution in [-0.2, 0) is 9.53 Å². The number of carbonyl (C=O) groups is 2. The van der Waals surface area contributed by atoms with Crippen LogP contribution in [0.2, 0.25) is 0 Å². The second-order valence-electron chi connectivity index (χ2n) is 9.77. The van der Waals surface area contributed by atoms with Crippen molar-refractivity contribution in [2.45, 2.75) is 66.5 Å². The normalized spacial score (nSPS) is 15.7. The number of hydrogen-bond acceptors (Lipinski definition) is 3. The van der Waals surface area contributed by atoms with Crippen molar-refractivity contribution in [2.24, 2.45) is 5.92 Å². The van der Waals surface area contributed by atoms with Crippen molar-refractivity contribution in [3.63, 3.8) is 0 Å². The van der Waals surface area contributed by atoms with Gasteiger partial charge in [0.2, 0.25) is 0 Å². The Hall–Kier alpha value is -2.93. The van der Waals surface area contributed by atoms with Gasteiger partial charge in [0.25, 0.3) is 11.8 Å². The number of hydrogen-bond donors (Lipinski definition) is 3. The summed E-state index contributed by atoms with van der Waals surface area (Å²) in [6, 6.07) is 4.19. The highest BCUT2D eigenvalue weighted by atomic mass is 19.1. The van der Waals surface area contributed by atoms with Crippen LogP contribution in [0, 0.1) is 25.6 Å². The third-order valence-corrected chi connectivity index (χ3v) is 6.26. The van der Waals surface area contributed by atoms with E-state index in [4.69, 9.17) is 4.74 Å². The minimum absolute atomic E-state index is 0.160. The van der Waals surface area contributed by atoms with E-state index in [1.807, 2.05) is 27.7 Å². The highest BCUT2D eigenvalue weighted by molar-refractivity contribution is 6.34. The molecule has 0 spiro atoms. The van der Waals surface area contributed by atoms with E-state index in [9.17, 15) is 14.0 Å². The van der Waals surface area contributed by atoms with Gasteiger partial charge in [0.15, 0.2) is 0 Å². The molecular formula is C26H34FN3O3. The smallest absolute Gasteiger partial charge is 0.256 e. The highest BCUT2D eigenvalue weighted by Gasteiger charge is 2.28. The number of amides is 2. The van der Waals surface area contributed by atoms with Gasteiger partial charge < -0.3 is 20.4 Å². The molecule has 6 nitrogen and oxygen atoms in total. The lowest BCUT2D eigenvalue weighted by Gasteiger charge is -2.27. The van der Waals surface area contributed by atoms with E-state index < -0.39 is 11.4 Å². The maximum atomic E-state index is 13.7. The molecule has 0 bridgehead atoms. The molecule has 1 aromatic carbocycles. The zero-order valence-corrected chi connectivity index (χ0v) is 20.5. The van der Waals surface area contributed by atoms with Crippen LogP contribution >= 0.6 is 0 Å². The Kier molecular flexibility index (Phi) is 7.12. The van der Waals surface area contributed by atoms with Gasteiger partial charge in [-0.25, -0.2) is 4.39 Å². The number of anilines is 1. The fourth-order valence-electron chi connectivity index (χ4n) is 3.83. The monoisotopic (exact) mass is 455 g/mol. The molecule has 0 aliphatic carbocycles. The molecule has 0 saturated carbocycles. The lowest BCUT2D eigenvalue weighted by molar-refractivity contribution is -0.110. The van der Waals surface area contributed by atoms with Gasteiger partial charge in [-0.3, -0.25) is 9.59 Å². The quantitative estimate of drug-likeness (QED) is 0.477. The number of H-pyrrole nitrogens is 1. The Balaban J connectivity index is 1.78. The first-order valence-electron chi connectivity index (χ1n) is 11.4. The third kappa shape index (κ3) is 5.53. The molecule has 1 atom stereocenters. The zero-order chi connectivity index (χ0) is 24.5. The molecule has 1 unspecified atom stereocenters. The van der Waals surface area contributed by atoms with Crippen LogP contribution in [0.4, 0.5) is 10.1 Å². The van der Waals surface area contributed by atoms with E-state index >= 15 is 0 Å². The Labute approximate surface area is 195 Å². The molecule has 3 rings (SSSR count). The third-order valence-electron chi connectivity index (χ3n) is 6.26. The molecule has 2 heterocycles. The SMILES string of the molecule is Cc1[nH]c(/C=C2\C(=O)Nc3ccc(F)cc32)c(C)c1C(=O)NC(C)(C)CCOC(C)C(C)C. The summed E-state index contributed by atoms with van der Waals surface area (Å²) in [7, 11) is 0. The molecule has 33 heavy (non-hydrogen) atoms. The molecule has 2 aromatic rings. The Bertz CT molecular complexity index is 1100. The average molecular weight is 456 g/mol. The van der Waals surface area contributed by atoms with Crippen molar-refractivity contribution in [3.8, 4) is 0 Å². The van der Waals surface area contributed by atoms with E-state index in [1.165, 1.54) is 12.1 Å². The Morgan fingerprint density at radius 2 is 1.94 bits per heavy atom. The molecule has 3 N–H and O–H groups in total. The maximum absolute atomic E-state index is 13.7. The molecule has 0 fully saturated rings. The van der Waals surface area contributed by atoms with Gasteiger partial charge in [0.1, 0.15) is 5.82 Å².